The summed E-state index contributed by atoms with van der Waals surface area (Å²) in [7, 11) is 0. The Bertz CT molecular complexity index is 1050. The summed E-state index contributed by atoms with van der Waals surface area (Å²) in [6.07, 6.45) is 4.01. The lowest BCUT2D eigenvalue weighted by Crippen LogP contribution is -2.49. The van der Waals surface area contributed by atoms with Crippen molar-refractivity contribution < 1.29 is 4.79 Å². The van der Waals surface area contributed by atoms with Crippen LogP contribution in [0, 0.1) is 20.8 Å². The number of hydrogen-bond donors (Lipinski definition) is 0. The van der Waals surface area contributed by atoms with Gasteiger partial charge in [0.2, 0.25) is 0 Å². The average molecular weight is 424 g/mol. The number of amides is 1. The van der Waals surface area contributed by atoms with Gasteiger partial charge in [0.15, 0.2) is 0 Å². The van der Waals surface area contributed by atoms with Crippen molar-refractivity contribution in [1.82, 2.24) is 19.4 Å². The third-order valence-electron chi connectivity index (χ3n) is 5.68. The molecule has 0 N–H and O–H groups in total. The largest absolute Gasteiger partial charge is 0.353 e. The van der Waals surface area contributed by atoms with E-state index >= 15 is 0 Å². The Morgan fingerprint density at radius 1 is 1.03 bits per heavy atom. The Hall–Kier alpha value is -2.67. The summed E-state index contributed by atoms with van der Waals surface area (Å²) in [6.45, 7) is 13.3. The van der Waals surface area contributed by atoms with Gasteiger partial charge in [-0.15, -0.1) is 11.3 Å². The lowest BCUT2D eigenvalue weighted by Gasteiger charge is -2.36. The summed E-state index contributed by atoms with van der Waals surface area (Å²) < 4.78 is 2.05. The maximum atomic E-state index is 13.5. The third-order valence-corrected chi connectivity index (χ3v) is 6.91. The highest BCUT2D eigenvalue weighted by Crippen LogP contribution is 2.32. The van der Waals surface area contributed by atoms with Crippen LogP contribution in [0.2, 0.25) is 0 Å². The average Bonchev–Trinajstić information content (AvgIpc) is 3.36. The number of thiophene rings is 1. The quantitative estimate of drug-likeness (QED) is 0.626. The Labute approximate surface area is 182 Å². The summed E-state index contributed by atoms with van der Waals surface area (Å²) in [6, 6.07) is 6.03. The molecule has 0 aromatic carbocycles. The van der Waals surface area contributed by atoms with Crippen LogP contribution in [0.5, 0.6) is 0 Å². The Morgan fingerprint density at radius 3 is 2.33 bits per heavy atom. The summed E-state index contributed by atoms with van der Waals surface area (Å²) in [5.74, 6) is 2.27. The number of piperazine rings is 1. The number of rotatable bonds is 4. The van der Waals surface area contributed by atoms with Gasteiger partial charge >= 0.3 is 0 Å². The number of carbonyl (C=O) groups is 1. The molecule has 1 saturated heterocycles. The molecule has 4 heterocycles. The Kier molecular flexibility index (Phi) is 5.64. The van der Waals surface area contributed by atoms with Crippen molar-refractivity contribution >= 4 is 23.1 Å². The second-order valence-electron chi connectivity index (χ2n) is 8.21. The summed E-state index contributed by atoms with van der Waals surface area (Å²) in [5, 5.41) is 1.01. The molecule has 1 aliphatic heterocycles. The maximum Gasteiger partial charge on any atom is 0.257 e. The van der Waals surface area contributed by atoms with E-state index in [2.05, 4.69) is 37.6 Å². The van der Waals surface area contributed by atoms with Crippen molar-refractivity contribution in [2.24, 2.45) is 0 Å². The molecule has 1 aliphatic rings. The van der Waals surface area contributed by atoms with Crippen molar-refractivity contribution in [2.45, 2.75) is 40.5 Å². The minimum Gasteiger partial charge on any atom is -0.353 e. The molecule has 30 heavy (non-hydrogen) atoms. The van der Waals surface area contributed by atoms with Crippen LogP contribution < -0.4 is 4.90 Å². The topological polar surface area (TPSA) is 54.3 Å². The summed E-state index contributed by atoms with van der Waals surface area (Å²) >= 11 is 1.68. The highest BCUT2D eigenvalue weighted by Gasteiger charge is 2.28. The van der Waals surface area contributed by atoms with Crippen molar-refractivity contribution in [3.63, 3.8) is 0 Å². The number of hydrogen-bond acceptors (Lipinski definition) is 5. The van der Waals surface area contributed by atoms with E-state index in [4.69, 9.17) is 4.98 Å². The monoisotopic (exact) mass is 423 g/mol. The van der Waals surface area contributed by atoms with E-state index in [9.17, 15) is 4.79 Å². The molecule has 0 saturated carbocycles. The maximum absolute atomic E-state index is 13.5. The molecule has 1 amide bonds. The van der Waals surface area contributed by atoms with E-state index in [1.165, 1.54) is 4.88 Å². The number of aryl methyl sites for hydroxylation is 2. The number of nitrogens with zero attached hydrogens (tertiary/aromatic N) is 5. The van der Waals surface area contributed by atoms with Crippen molar-refractivity contribution in [2.75, 3.05) is 31.1 Å². The fourth-order valence-electron chi connectivity index (χ4n) is 3.80. The molecule has 1 fully saturated rings. The zero-order valence-electron chi connectivity index (χ0n) is 18.3. The minimum atomic E-state index is 0.127. The van der Waals surface area contributed by atoms with Gasteiger partial charge in [0.1, 0.15) is 16.6 Å². The molecule has 0 atom stereocenters. The summed E-state index contributed by atoms with van der Waals surface area (Å²) in [5.41, 5.74) is 2.91. The molecular formula is C23H29N5OS. The Balaban J connectivity index is 1.53. The van der Waals surface area contributed by atoms with Gasteiger partial charge < -0.3 is 14.4 Å². The molecule has 6 nitrogen and oxygen atoms in total. The molecule has 158 valence electrons. The highest BCUT2D eigenvalue weighted by molar-refractivity contribution is 7.15. The standard InChI is InChI=1S/C23H29N5OS/c1-15(2)21-24-16(3)14-19(25-21)26-10-12-27(13-11-26)22(29)20-17(4)18(5)30-23(20)28-8-6-7-9-28/h6-9,14-15H,10-13H2,1-5H3. The first-order valence-electron chi connectivity index (χ1n) is 10.5. The summed E-state index contributed by atoms with van der Waals surface area (Å²) in [4.78, 5) is 28.2. The molecule has 3 aromatic heterocycles. The second-order valence-corrected chi connectivity index (χ2v) is 9.42. The van der Waals surface area contributed by atoms with Gasteiger partial charge in [-0.1, -0.05) is 13.8 Å². The first kappa shape index (κ1) is 20.6. The van der Waals surface area contributed by atoms with Crippen LogP contribution in [0.25, 0.3) is 5.00 Å². The first-order chi connectivity index (χ1) is 14.3. The van der Waals surface area contributed by atoms with Crippen molar-refractivity contribution in [3.05, 3.63) is 58.1 Å². The first-order valence-corrected chi connectivity index (χ1v) is 11.3. The minimum absolute atomic E-state index is 0.127. The Morgan fingerprint density at radius 2 is 1.70 bits per heavy atom. The van der Waals surface area contributed by atoms with E-state index in [1.54, 1.807) is 11.3 Å². The fraction of sp³-hybridized carbons (Fsp3) is 0.435. The predicted octanol–water partition coefficient (Wildman–Crippen LogP) is 4.34. The van der Waals surface area contributed by atoms with Crippen LogP contribution >= 0.6 is 11.3 Å². The molecule has 0 aliphatic carbocycles. The molecule has 7 heteroatoms. The second kappa shape index (κ2) is 8.22. The van der Waals surface area contributed by atoms with Crippen LogP contribution in [0.4, 0.5) is 5.82 Å². The SMILES string of the molecule is Cc1cc(N2CCN(C(=O)c3c(-n4cccc4)sc(C)c3C)CC2)nc(C(C)C)n1. The van der Waals surface area contributed by atoms with Gasteiger partial charge in [-0.2, -0.15) is 0 Å². The van der Waals surface area contributed by atoms with E-state index in [0.717, 1.165) is 46.6 Å². The van der Waals surface area contributed by atoms with Crippen LogP contribution in [-0.4, -0.2) is 51.5 Å². The van der Waals surface area contributed by atoms with Crippen LogP contribution in [0.3, 0.4) is 0 Å². The zero-order chi connectivity index (χ0) is 21.4. The molecule has 4 rings (SSSR count). The van der Waals surface area contributed by atoms with Gasteiger partial charge in [-0.3, -0.25) is 4.79 Å². The lowest BCUT2D eigenvalue weighted by molar-refractivity contribution is 0.0746. The zero-order valence-corrected chi connectivity index (χ0v) is 19.2. The van der Waals surface area contributed by atoms with E-state index < -0.39 is 0 Å². The predicted molar refractivity (Wildman–Crippen MR) is 122 cm³/mol. The lowest BCUT2D eigenvalue weighted by atomic mass is 10.1. The molecule has 0 spiro atoms. The van der Waals surface area contributed by atoms with Crippen LogP contribution in [0.1, 0.15) is 52.1 Å². The smallest absolute Gasteiger partial charge is 0.257 e. The van der Waals surface area contributed by atoms with Gasteiger partial charge in [0, 0.05) is 61.1 Å². The van der Waals surface area contributed by atoms with Gasteiger partial charge in [0.05, 0.1) is 5.56 Å². The molecule has 3 aromatic rings. The molecule has 0 bridgehead atoms. The number of carbonyl (C=O) groups excluding carboxylic acids is 1. The van der Waals surface area contributed by atoms with E-state index in [-0.39, 0.29) is 5.91 Å². The normalized spacial score (nSPS) is 14.6. The van der Waals surface area contributed by atoms with Gasteiger partial charge in [0.25, 0.3) is 5.91 Å². The molecule has 0 radical (unpaired) electrons. The highest BCUT2D eigenvalue weighted by atomic mass is 32.1. The van der Waals surface area contributed by atoms with E-state index in [0.29, 0.717) is 19.0 Å². The van der Waals surface area contributed by atoms with Crippen LogP contribution in [0.15, 0.2) is 30.6 Å². The fourth-order valence-corrected chi connectivity index (χ4v) is 4.92. The van der Waals surface area contributed by atoms with Crippen molar-refractivity contribution in [1.29, 1.82) is 0 Å². The van der Waals surface area contributed by atoms with Crippen molar-refractivity contribution in [3.8, 4) is 5.00 Å². The van der Waals surface area contributed by atoms with Gasteiger partial charge in [-0.05, 0) is 38.5 Å². The number of aromatic nitrogens is 3. The number of anilines is 1. The molecular weight excluding hydrogens is 394 g/mol. The van der Waals surface area contributed by atoms with E-state index in [1.807, 2.05) is 47.0 Å². The van der Waals surface area contributed by atoms with Crippen LogP contribution in [-0.2, 0) is 0 Å². The third kappa shape index (κ3) is 3.86. The van der Waals surface area contributed by atoms with Gasteiger partial charge in [-0.25, -0.2) is 9.97 Å². The molecule has 0 unspecified atom stereocenters.